The first-order valence-electron chi connectivity index (χ1n) is 4.48. The Labute approximate surface area is 82.0 Å². The molecule has 0 radical (unpaired) electrons. The summed E-state index contributed by atoms with van der Waals surface area (Å²) in [6, 6.07) is 0. The second kappa shape index (κ2) is 5.39. The lowest BCUT2D eigenvalue weighted by Gasteiger charge is -2.16. The second-order valence-electron chi connectivity index (χ2n) is 2.96. The third-order valence-electron chi connectivity index (χ3n) is 1.90. The molecule has 0 saturated carbocycles. The molecule has 5 nitrogen and oxygen atoms in total. The van der Waals surface area contributed by atoms with Crippen molar-refractivity contribution in [3.8, 4) is 0 Å². The van der Waals surface area contributed by atoms with Gasteiger partial charge in [0.15, 0.2) is 0 Å². The highest BCUT2D eigenvalue weighted by molar-refractivity contribution is 5.93. The van der Waals surface area contributed by atoms with Gasteiger partial charge in [-0.1, -0.05) is 0 Å². The van der Waals surface area contributed by atoms with Crippen molar-refractivity contribution in [1.82, 2.24) is 4.90 Å². The maximum atomic E-state index is 11.4. The molecule has 1 aliphatic rings. The highest BCUT2D eigenvalue weighted by Crippen LogP contribution is 2.00. The summed E-state index contributed by atoms with van der Waals surface area (Å²) in [6.07, 6.45) is 2.73. The number of carboxylic acid groups (broad SMARTS) is 1. The lowest BCUT2D eigenvalue weighted by atomic mass is 10.3. The fourth-order valence-corrected chi connectivity index (χ4v) is 1.21. The standard InChI is InChI=1S/C9H13NO4/c11-8(2-3-9(12)13)10-4-1-6-14-7-5-10/h2-3H,1,4-7H2,(H,12,13)/b3-2+. The van der Waals surface area contributed by atoms with E-state index in [1.807, 2.05) is 0 Å². The minimum atomic E-state index is -1.11. The van der Waals surface area contributed by atoms with E-state index in [-0.39, 0.29) is 5.91 Å². The Morgan fingerprint density at radius 2 is 2.00 bits per heavy atom. The van der Waals surface area contributed by atoms with Gasteiger partial charge in [-0.15, -0.1) is 0 Å². The van der Waals surface area contributed by atoms with Crippen LogP contribution in [0.15, 0.2) is 12.2 Å². The van der Waals surface area contributed by atoms with E-state index in [2.05, 4.69) is 0 Å². The van der Waals surface area contributed by atoms with Crippen molar-refractivity contribution in [3.63, 3.8) is 0 Å². The molecular weight excluding hydrogens is 186 g/mol. The van der Waals surface area contributed by atoms with E-state index in [1.54, 1.807) is 4.90 Å². The SMILES string of the molecule is O=C(O)/C=C/C(=O)N1CCCOCC1. The Morgan fingerprint density at radius 1 is 1.21 bits per heavy atom. The maximum absolute atomic E-state index is 11.4. The minimum Gasteiger partial charge on any atom is -0.478 e. The Morgan fingerprint density at radius 3 is 2.71 bits per heavy atom. The molecule has 0 aromatic heterocycles. The van der Waals surface area contributed by atoms with Crippen LogP contribution < -0.4 is 0 Å². The molecule has 0 atom stereocenters. The average Bonchev–Trinajstić information content (AvgIpc) is 2.42. The van der Waals surface area contributed by atoms with E-state index in [1.165, 1.54) is 0 Å². The molecule has 0 aliphatic carbocycles. The molecule has 1 heterocycles. The number of carbonyl (C=O) groups excluding carboxylic acids is 1. The van der Waals surface area contributed by atoms with Crippen LogP contribution in [-0.4, -0.2) is 48.2 Å². The Balaban J connectivity index is 2.45. The molecule has 14 heavy (non-hydrogen) atoms. The summed E-state index contributed by atoms with van der Waals surface area (Å²) in [4.78, 5) is 23.1. The molecule has 78 valence electrons. The van der Waals surface area contributed by atoms with Crippen molar-refractivity contribution in [2.24, 2.45) is 0 Å². The predicted molar refractivity (Wildman–Crippen MR) is 48.8 cm³/mol. The van der Waals surface area contributed by atoms with Gasteiger partial charge in [-0.2, -0.15) is 0 Å². The zero-order valence-corrected chi connectivity index (χ0v) is 7.81. The van der Waals surface area contributed by atoms with Gasteiger partial charge >= 0.3 is 5.97 Å². The van der Waals surface area contributed by atoms with Crippen molar-refractivity contribution < 1.29 is 19.4 Å². The quantitative estimate of drug-likeness (QED) is 0.629. The first kappa shape index (κ1) is 10.7. The highest BCUT2D eigenvalue weighted by Gasteiger charge is 2.12. The Kier molecular flexibility index (Phi) is 4.12. The van der Waals surface area contributed by atoms with Crippen LogP contribution >= 0.6 is 0 Å². The van der Waals surface area contributed by atoms with Gasteiger partial charge in [-0.05, 0) is 6.42 Å². The zero-order valence-electron chi connectivity index (χ0n) is 7.81. The number of amides is 1. The van der Waals surface area contributed by atoms with Gasteiger partial charge in [0.2, 0.25) is 5.91 Å². The smallest absolute Gasteiger partial charge is 0.328 e. The number of rotatable bonds is 2. The monoisotopic (exact) mass is 199 g/mol. The van der Waals surface area contributed by atoms with Crippen molar-refractivity contribution in [2.45, 2.75) is 6.42 Å². The van der Waals surface area contributed by atoms with Crippen molar-refractivity contribution in [1.29, 1.82) is 0 Å². The van der Waals surface area contributed by atoms with E-state index in [0.29, 0.717) is 26.3 Å². The summed E-state index contributed by atoms with van der Waals surface area (Å²) in [5, 5.41) is 8.33. The van der Waals surface area contributed by atoms with Gasteiger partial charge < -0.3 is 14.7 Å². The zero-order chi connectivity index (χ0) is 10.4. The molecule has 1 rings (SSSR count). The van der Waals surface area contributed by atoms with Gasteiger partial charge in [-0.3, -0.25) is 4.79 Å². The van der Waals surface area contributed by atoms with Gasteiger partial charge in [0, 0.05) is 31.8 Å². The largest absolute Gasteiger partial charge is 0.478 e. The minimum absolute atomic E-state index is 0.266. The summed E-state index contributed by atoms with van der Waals surface area (Å²) in [5.41, 5.74) is 0. The lowest BCUT2D eigenvalue weighted by Crippen LogP contribution is -2.31. The summed E-state index contributed by atoms with van der Waals surface area (Å²) in [6.45, 7) is 2.34. The van der Waals surface area contributed by atoms with Gasteiger partial charge in [-0.25, -0.2) is 4.79 Å². The fraction of sp³-hybridized carbons (Fsp3) is 0.556. The molecule has 5 heteroatoms. The van der Waals surface area contributed by atoms with Crippen LogP contribution in [0, 0.1) is 0 Å². The molecule has 1 aliphatic heterocycles. The summed E-state index contributed by atoms with van der Waals surface area (Å²) in [7, 11) is 0. The number of aliphatic carboxylic acids is 1. The fourth-order valence-electron chi connectivity index (χ4n) is 1.21. The molecule has 1 N–H and O–H groups in total. The van der Waals surface area contributed by atoms with E-state index >= 15 is 0 Å². The van der Waals surface area contributed by atoms with Crippen molar-refractivity contribution in [3.05, 3.63) is 12.2 Å². The Hall–Kier alpha value is -1.36. The van der Waals surface area contributed by atoms with E-state index in [4.69, 9.17) is 9.84 Å². The molecular formula is C9H13NO4. The lowest BCUT2D eigenvalue weighted by molar-refractivity contribution is -0.132. The number of ether oxygens (including phenoxy) is 1. The molecule has 0 aromatic carbocycles. The van der Waals surface area contributed by atoms with Gasteiger partial charge in [0.1, 0.15) is 0 Å². The van der Waals surface area contributed by atoms with Gasteiger partial charge in [0.05, 0.1) is 6.61 Å². The summed E-state index contributed by atoms with van der Waals surface area (Å²) >= 11 is 0. The molecule has 1 amide bonds. The van der Waals surface area contributed by atoms with Crippen LogP contribution in [0.4, 0.5) is 0 Å². The van der Waals surface area contributed by atoms with E-state index < -0.39 is 5.97 Å². The van der Waals surface area contributed by atoms with E-state index in [0.717, 1.165) is 18.6 Å². The first-order chi connectivity index (χ1) is 6.70. The van der Waals surface area contributed by atoms with E-state index in [9.17, 15) is 9.59 Å². The van der Waals surface area contributed by atoms with Crippen molar-refractivity contribution in [2.75, 3.05) is 26.3 Å². The van der Waals surface area contributed by atoms with Crippen LogP contribution in [-0.2, 0) is 14.3 Å². The van der Waals surface area contributed by atoms with Crippen LogP contribution in [0.5, 0.6) is 0 Å². The maximum Gasteiger partial charge on any atom is 0.328 e. The molecule has 0 bridgehead atoms. The number of nitrogens with zero attached hydrogens (tertiary/aromatic N) is 1. The first-order valence-corrected chi connectivity index (χ1v) is 4.48. The van der Waals surface area contributed by atoms with Gasteiger partial charge in [0.25, 0.3) is 0 Å². The predicted octanol–water partition coefficient (Wildman–Crippen LogP) is -0.124. The number of carbonyl (C=O) groups is 2. The number of hydrogen-bond acceptors (Lipinski definition) is 3. The Bertz CT molecular complexity index is 241. The topological polar surface area (TPSA) is 66.8 Å². The second-order valence-corrected chi connectivity index (χ2v) is 2.96. The highest BCUT2D eigenvalue weighted by atomic mass is 16.5. The molecule has 0 spiro atoms. The van der Waals surface area contributed by atoms with Crippen molar-refractivity contribution >= 4 is 11.9 Å². The van der Waals surface area contributed by atoms with Crippen LogP contribution in [0.3, 0.4) is 0 Å². The third kappa shape index (κ3) is 3.57. The number of carboxylic acids is 1. The average molecular weight is 199 g/mol. The van der Waals surface area contributed by atoms with Crippen LogP contribution in [0.25, 0.3) is 0 Å². The molecule has 1 fully saturated rings. The normalized spacial score (nSPS) is 18.1. The molecule has 1 saturated heterocycles. The molecule has 0 unspecified atom stereocenters. The van der Waals surface area contributed by atoms with Crippen LogP contribution in [0.1, 0.15) is 6.42 Å². The third-order valence-corrected chi connectivity index (χ3v) is 1.90. The van der Waals surface area contributed by atoms with Crippen LogP contribution in [0.2, 0.25) is 0 Å². The molecule has 0 aromatic rings. The number of hydrogen-bond donors (Lipinski definition) is 1. The summed E-state index contributed by atoms with van der Waals surface area (Å²) in [5.74, 6) is -1.37. The summed E-state index contributed by atoms with van der Waals surface area (Å²) < 4.78 is 5.17.